The van der Waals surface area contributed by atoms with Crippen molar-refractivity contribution in [3.8, 4) is 5.75 Å². The molecule has 2 aromatic rings. The van der Waals surface area contributed by atoms with E-state index in [1.807, 2.05) is 13.0 Å². The molecule has 0 saturated heterocycles. The molecule has 0 radical (unpaired) electrons. The molecular formula is C17H21N3O4S. The van der Waals surface area contributed by atoms with Crippen LogP contribution in [0.4, 0.5) is 0 Å². The molecule has 0 aliphatic carbocycles. The molecule has 1 heterocycles. The van der Waals surface area contributed by atoms with Crippen molar-refractivity contribution in [2.75, 3.05) is 13.2 Å². The van der Waals surface area contributed by atoms with Gasteiger partial charge in [0, 0.05) is 25.5 Å². The summed E-state index contributed by atoms with van der Waals surface area (Å²) in [6, 6.07) is 9.59. The summed E-state index contributed by atoms with van der Waals surface area (Å²) in [6.07, 6.45) is 4.05. The molecule has 7 nitrogen and oxygen atoms in total. The Morgan fingerprint density at radius 2 is 1.96 bits per heavy atom. The number of sulfonamides is 1. The number of carbonyl (C=O) groups is 1. The predicted octanol–water partition coefficient (Wildman–Crippen LogP) is 1.47. The van der Waals surface area contributed by atoms with Crippen LogP contribution < -0.4 is 14.8 Å². The fourth-order valence-electron chi connectivity index (χ4n) is 1.94. The number of rotatable bonds is 9. The molecule has 0 spiro atoms. The highest BCUT2D eigenvalue weighted by atomic mass is 32.2. The lowest BCUT2D eigenvalue weighted by Gasteiger charge is -2.09. The monoisotopic (exact) mass is 363 g/mol. The Kier molecular flexibility index (Phi) is 6.91. The average molecular weight is 363 g/mol. The fraction of sp³-hybridized carbons (Fsp3) is 0.294. The second kappa shape index (κ2) is 9.14. The molecule has 0 aliphatic rings. The van der Waals surface area contributed by atoms with Gasteiger partial charge >= 0.3 is 0 Å². The molecule has 0 atom stereocenters. The van der Waals surface area contributed by atoms with Gasteiger partial charge in [0.15, 0.2) is 6.61 Å². The van der Waals surface area contributed by atoms with E-state index < -0.39 is 10.0 Å². The van der Waals surface area contributed by atoms with Crippen LogP contribution in [0.25, 0.3) is 0 Å². The zero-order valence-electron chi connectivity index (χ0n) is 13.9. The maximum absolute atomic E-state index is 12.0. The number of ether oxygens (including phenoxy) is 1. The SMILES string of the molecule is CCCNS(=O)(=O)c1ccc(OCC(=O)NCc2cccnc2)cc1. The molecule has 1 aromatic heterocycles. The standard InChI is InChI=1S/C17H21N3O4S/c1-2-9-20-25(22,23)16-7-5-15(6-8-16)24-13-17(21)19-12-14-4-3-10-18-11-14/h3-8,10-11,20H,2,9,12-13H2,1H3,(H,19,21). The quantitative estimate of drug-likeness (QED) is 0.703. The van der Waals surface area contributed by atoms with Crippen LogP contribution in [-0.2, 0) is 21.4 Å². The zero-order valence-corrected chi connectivity index (χ0v) is 14.8. The summed E-state index contributed by atoms with van der Waals surface area (Å²) in [5, 5.41) is 2.72. The molecule has 1 aromatic carbocycles. The van der Waals surface area contributed by atoms with Crippen molar-refractivity contribution in [3.63, 3.8) is 0 Å². The average Bonchev–Trinajstić information content (AvgIpc) is 2.64. The fourth-order valence-corrected chi connectivity index (χ4v) is 3.07. The van der Waals surface area contributed by atoms with Crippen molar-refractivity contribution in [1.29, 1.82) is 0 Å². The van der Waals surface area contributed by atoms with Gasteiger partial charge in [0.05, 0.1) is 4.90 Å². The molecule has 2 N–H and O–H groups in total. The minimum absolute atomic E-state index is 0.152. The Morgan fingerprint density at radius 1 is 1.20 bits per heavy atom. The number of amides is 1. The first kappa shape index (κ1) is 18.9. The number of nitrogens with one attached hydrogen (secondary N) is 2. The minimum Gasteiger partial charge on any atom is -0.484 e. The van der Waals surface area contributed by atoms with Crippen molar-refractivity contribution in [1.82, 2.24) is 15.0 Å². The van der Waals surface area contributed by atoms with E-state index in [1.165, 1.54) is 24.3 Å². The van der Waals surface area contributed by atoms with Gasteiger partial charge in [-0.25, -0.2) is 13.1 Å². The van der Waals surface area contributed by atoms with E-state index >= 15 is 0 Å². The largest absolute Gasteiger partial charge is 0.484 e. The van der Waals surface area contributed by atoms with Crippen LogP contribution in [0.3, 0.4) is 0 Å². The number of pyridine rings is 1. The first-order valence-corrected chi connectivity index (χ1v) is 9.37. The van der Waals surface area contributed by atoms with Crippen LogP contribution in [0.1, 0.15) is 18.9 Å². The van der Waals surface area contributed by atoms with Crippen LogP contribution in [0, 0.1) is 0 Å². The van der Waals surface area contributed by atoms with Gasteiger partial charge in [-0.2, -0.15) is 0 Å². The third-order valence-electron chi connectivity index (χ3n) is 3.26. The van der Waals surface area contributed by atoms with E-state index in [1.54, 1.807) is 18.5 Å². The number of nitrogens with zero attached hydrogens (tertiary/aromatic N) is 1. The van der Waals surface area contributed by atoms with E-state index in [9.17, 15) is 13.2 Å². The second-order valence-electron chi connectivity index (χ2n) is 5.30. The van der Waals surface area contributed by atoms with Gasteiger partial charge < -0.3 is 10.1 Å². The number of hydrogen-bond acceptors (Lipinski definition) is 5. The van der Waals surface area contributed by atoms with Gasteiger partial charge in [-0.1, -0.05) is 13.0 Å². The maximum Gasteiger partial charge on any atom is 0.258 e. The molecule has 0 saturated carbocycles. The highest BCUT2D eigenvalue weighted by Gasteiger charge is 2.13. The van der Waals surface area contributed by atoms with Crippen molar-refractivity contribution in [2.24, 2.45) is 0 Å². The first-order chi connectivity index (χ1) is 12.0. The van der Waals surface area contributed by atoms with E-state index in [-0.39, 0.29) is 17.4 Å². The Hall–Kier alpha value is -2.45. The lowest BCUT2D eigenvalue weighted by molar-refractivity contribution is -0.123. The molecular weight excluding hydrogens is 342 g/mol. The van der Waals surface area contributed by atoms with Gasteiger partial charge in [-0.05, 0) is 42.3 Å². The number of hydrogen-bond donors (Lipinski definition) is 2. The summed E-state index contributed by atoms with van der Waals surface area (Å²) < 4.78 is 31.8. The predicted molar refractivity (Wildman–Crippen MR) is 93.5 cm³/mol. The molecule has 0 bridgehead atoms. The molecule has 25 heavy (non-hydrogen) atoms. The smallest absolute Gasteiger partial charge is 0.258 e. The maximum atomic E-state index is 12.0. The third-order valence-corrected chi connectivity index (χ3v) is 4.74. The number of benzene rings is 1. The van der Waals surface area contributed by atoms with E-state index in [0.717, 1.165) is 5.56 Å². The molecule has 0 aliphatic heterocycles. The van der Waals surface area contributed by atoms with Crippen molar-refractivity contribution in [2.45, 2.75) is 24.8 Å². The Balaban J connectivity index is 1.82. The van der Waals surface area contributed by atoms with E-state index in [4.69, 9.17) is 4.74 Å². The highest BCUT2D eigenvalue weighted by Crippen LogP contribution is 2.15. The zero-order chi connectivity index (χ0) is 18.1. The summed E-state index contributed by atoms with van der Waals surface area (Å²) in [5.74, 6) is 0.149. The van der Waals surface area contributed by atoms with E-state index in [2.05, 4.69) is 15.0 Å². The summed E-state index contributed by atoms with van der Waals surface area (Å²) in [4.78, 5) is 15.9. The number of carbonyl (C=O) groups excluding carboxylic acids is 1. The molecule has 0 unspecified atom stereocenters. The molecule has 1 amide bonds. The summed E-state index contributed by atoms with van der Waals surface area (Å²) >= 11 is 0. The van der Waals surface area contributed by atoms with Crippen LogP contribution >= 0.6 is 0 Å². The van der Waals surface area contributed by atoms with Crippen molar-refractivity contribution in [3.05, 3.63) is 54.4 Å². The Labute approximate surface area is 147 Å². The van der Waals surface area contributed by atoms with Gasteiger partial charge in [0.25, 0.3) is 5.91 Å². The first-order valence-electron chi connectivity index (χ1n) is 7.89. The van der Waals surface area contributed by atoms with Crippen molar-refractivity contribution >= 4 is 15.9 Å². The van der Waals surface area contributed by atoms with Crippen LogP contribution in [-0.4, -0.2) is 32.5 Å². The molecule has 8 heteroatoms. The second-order valence-corrected chi connectivity index (χ2v) is 7.06. The normalized spacial score (nSPS) is 11.1. The molecule has 0 fully saturated rings. The van der Waals surface area contributed by atoms with Gasteiger partial charge in [0.1, 0.15) is 5.75 Å². The van der Waals surface area contributed by atoms with Crippen LogP contribution in [0.15, 0.2) is 53.7 Å². The van der Waals surface area contributed by atoms with Gasteiger partial charge in [0.2, 0.25) is 10.0 Å². The lowest BCUT2D eigenvalue weighted by atomic mass is 10.3. The van der Waals surface area contributed by atoms with Crippen LogP contribution in [0.5, 0.6) is 5.75 Å². The Morgan fingerprint density at radius 3 is 2.60 bits per heavy atom. The third kappa shape index (κ3) is 6.17. The number of aromatic nitrogens is 1. The minimum atomic E-state index is -3.50. The van der Waals surface area contributed by atoms with Crippen LogP contribution in [0.2, 0.25) is 0 Å². The molecule has 134 valence electrons. The van der Waals surface area contributed by atoms with Gasteiger partial charge in [-0.15, -0.1) is 0 Å². The summed E-state index contributed by atoms with van der Waals surface area (Å²) in [6.45, 7) is 2.49. The lowest BCUT2D eigenvalue weighted by Crippen LogP contribution is -2.28. The summed E-state index contributed by atoms with van der Waals surface area (Å²) in [5.41, 5.74) is 0.894. The van der Waals surface area contributed by atoms with Crippen molar-refractivity contribution < 1.29 is 17.9 Å². The highest BCUT2D eigenvalue weighted by molar-refractivity contribution is 7.89. The van der Waals surface area contributed by atoms with E-state index in [0.29, 0.717) is 25.3 Å². The topological polar surface area (TPSA) is 97.4 Å². The summed E-state index contributed by atoms with van der Waals surface area (Å²) in [7, 11) is -3.50. The molecule has 2 rings (SSSR count). The van der Waals surface area contributed by atoms with Gasteiger partial charge in [-0.3, -0.25) is 9.78 Å². The Bertz CT molecular complexity index is 777.